The molecule has 0 aliphatic carbocycles. The predicted octanol–water partition coefficient (Wildman–Crippen LogP) is 4.40. The van der Waals surface area contributed by atoms with Crippen LogP contribution < -0.4 is 10.6 Å². The number of amides is 1. The second-order valence-corrected chi connectivity index (χ2v) is 5.96. The molecule has 5 nitrogen and oxygen atoms in total. The fraction of sp³-hybridized carbons (Fsp3) is 0.150. The number of nitrogens with one attached hydrogen (secondary N) is 2. The molecule has 0 radical (unpaired) electrons. The van der Waals surface area contributed by atoms with E-state index in [2.05, 4.69) is 20.6 Å². The van der Waals surface area contributed by atoms with Gasteiger partial charge in [-0.3, -0.25) is 4.79 Å². The van der Waals surface area contributed by atoms with Gasteiger partial charge in [0.15, 0.2) is 0 Å². The van der Waals surface area contributed by atoms with Crippen LogP contribution in [0.25, 0.3) is 0 Å². The molecule has 0 aliphatic heterocycles. The summed E-state index contributed by atoms with van der Waals surface area (Å²) >= 11 is 0. The maximum atomic E-state index is 12.6. The van der Waals surface area contributed by atoms with E-state index >= 15 is 0 Å². The van der Waals surface area contributed by atoms with E-state index < -0.39 is 17.6 Å². The third-order valence-corrected chi connectivity index (χ3v) is 3.90. The van der Waals surface area contributed by atoms with E-state index in [4.69, 9.17) is 0 Å². The molecule has 0 aliphatic rings. The van der Waals surface area contributed by atoms with E-state index in [0.717, 1.165) is 24.1 Å². The minimum absolute atomic E-state index is 0.108. The van der Waals surface area contributed by atoms with Gasteiger partial charge in [0, 0.05) is 18.4 Å². The van der Waals surface area contributed by atoms with E-state index in [9.17, 15) is 18.0 Å². The highest BCUT2D eigenvalue weighted by atomic mass is 19.4. The lowest BCUT2D eigenvalue weighted by atomic mass is 10.1. The molecule has 3 rings (SSSR count). The number of rotatable bonds is 6. The molecule has 0 fully saturated rings. The number of nitrogens with zero attached hydrogens (tertiary/aromatic N) is 2. The smallest absolute Gasteiger partial charge is 0.354 e. The number of carbonyl (C=O) groups is 1. The van der Waals surface area contributed by atoms with Crippen molar-refractivity contribution in [3.63, 3.8) is 0 Å². The molecule has 0 atom stereocenters. The second-order valence-electron chi connectivity index (χ2n) is 5.96. The summed E-state index contributed by atoms with van der Waals surface area (Å²) in [7, 11) is 0. The summed E-state index contributed by atoms with van der Waals surface area (Å²) in [5, 5.41) is 5.57. The molecule has 8 heteroatoms. The average Bonchev–Trinajstić information content (AvgIpc) is 2.69. The maximum Gasteiger partial charge on any atom is 0.416 e. The Balaban J connectivity index is 1.59. The van der Waals surface area contributed by atoms with Crippen molar-refractivity contribution in [1.82, 2.24) is 9.97 Å². The lowest BCUT2D eigenvalue weighted by Crippen LogP contribution is -2.16. The number of hydrogen-bond acceptors (Lipinski definition) is 4. The van der Waals surface area contributed by atoms with Gasteiger partial charge in [-0.05, 0) is 42.3 Å². The molecular formula is C20H17F3N4O. The number of carbonyl (C=O) groups excluding carboxylic acids is 1. The normalized spacial score (nSPS) is 11.1. The molecule has 1 amide bonds. The van der Waals surface area contributed by atoms with Crippen LogP contribution in [0.3, 0.4) is 0 Å². The van der Waals surface area contributed by atoms with Crippen LogP contribution in [-0.4, -0.2) is 22.4 Å². The molecule has 0 saturated heterocycles. The molecule has 144 valence electrons. The van der Waals surface area contributed by atoms with Crippen molar-refractivity contribution in [3.8, 4) is 0 Å². The van der Waals surface area contributed by atoms with Crippen LogP contribution in [0.15, 0.2) is 66.9 Å². The number of benzene rings is 2. The minimum atomic E-state index is -4.42. The van der Waals surface area contributed by atoms with Gasteiger partial charge in [-0.2, -0.15) is 13.2 Å². The highest BCUT2D eigenvalue weighted by Gasteiger charge is 2.30. The number of halogens is 3. The van der Waals surface area contributed by atoms with Crippen molar-refractivity contribution in [2.75, 3.05) is 17.2 Å². The second kappa shape index (κ2) is 8.51. The molecule has 2 N–H and O–H groups in total. The third kappa shape index (κ3) is 5.29. The van der Waals surface area contributed by atoms with Crippen LogP contribution in [0.2, 0.25) is 0 Å². The minimum Gasteiger partial charge on any atom is -0.354 e. The number of anilines is 2. The fourth-order valence-corrected chi connectivity index (χ4v) is 2.47. The van der Waals surface area contributed by atoms with Gasteiger partial charge >= 0.3 is 6.18 Å². The van der Waals surface area contributed by atoms with E-state index in [1.54, 1.807) is 0 Å². The van der Waals surface area contributed by atoms with Gasteiger partial charge in [-0.1, -0.05) is 30.3 Å². The van der Waals surface area contributed by atoms with Crippen LogP contribution in [0, 0.1) is 0 Å². The summed E-state index contributed by atoms with van der Waals surface area (Å²) in [6.45, 7) is 0.591. The van der Waals surface area contributed by atoms with Gasteiger partial charge < -0.3 is 10.6 Å². The molecule has 0 bridgehead atoms. The Bertz CT molecular complexity index is 928. The topological polar surface area (TPSA) is 66.9 Å². The first-order valence-corrected chi connectivity index (χ1v) is 8.51. The Morgan fingerprint density at radius 1 is 0.964 bits per heavy atom. The first kappa shape index (κ1) is 19.3. The summed E-state index contributed by atoms with van der Waals surface area (Å²) in [6, 6.07) is 15.5. The third-order valence-electron chi connectivity index (χ3n) is 3.90. The molecule has 0 spiro atoms. The highest BCUT2D eigenvalue weighted by molar-refractivity contribution is 6.02. The molecule has 1 aromatic heterocycles. The highest BCUT2D eigenvalue weighted by Crippen LogP contribution is 2.29. The van der Waals surface area contributed by atoms with Gasteiger partial charge in [0.2, 0.25) is 5.95 Å². The van der Waals surface area contributed by atoms with Gasteiger partial charge in [-0.25, -0.2) is 9.97 Å². The number of alkyl halides is 3. The summed E-state index contributed by atoms with van der Waals surface area (Å²) in [5.74, 6) is -0.232. The first-order valence-electron chi connectivity index (χ1n) is 8.51. The van der Waals surface area contributed by atoms with Gasteiger partial charge in [0.1, 0.15) is 5.69 Å². The Morgan fingerprint density at radius 3 is 2.36 bits per heavy atom. The van der Waals surface area contributed by atoms with E-state index in [0.29, 0.717) is 12.5 Å². The lowest BCUT2D eigenvalue weighted by molar-refractivity contribution is -0.137. The zero-order valence-corrected chi connectivity index (χ0v) is 14.7. The van der Waals surface area contributed by atoms with Gasteiger partial charge in [0.25, 0.3) is 5.91 Å². The molecule has 0 unspecified atom stereocenters. The summed E-state index contributed by atoms with van der Waals surface area (Å²) in [6.07, 6.45) is -2.21. The van der Waals surface area contributed by atoms with Crippen LogP contribution in [-0.2, 0) is 12.6 Å². The standard InChI is InChI=1S/C20H17F3N4O/c21-20(22,23)15-6-8-16(9-7-15)26-18(28)17-11-13-25-19(27-17)24-12-10-14-4-2-1-3-5-14/h1-9,11,13H,10,12H2,(H,26,28)(H,24,25,27). The zero-order chi connectivity index (χ0) is 20.0. The Labute approximate surface area is 159 Å². The molecule has 0 saturated carbocycles. The van der Waals surface area contributed by atoms with Crippen molar-refractivity contribution in [1.29, 1.82) is 0 Å². The van der Waals surface area contributed by atoms with Crippen LogP contribution in [0.4, 0.5) is 24.8 Å². The Kier molecular flexibility index (Phi) is 5.88. The van der Waals surface area contributed by atoms with Crippen molar-refractivity contribution < 1.29 is 18.0 Å². The molecule has 3 aromatic rings. The van der Waals surface area contributed by atoms with Crippen LogP contribution in [0.1, 0.15) is 21.6 Å². The van der Waals surface area contributed by atoms with E-state index in [1.165, 1.54) is 24.4 Å². The summed E-state index contributed by atoms with van der Waals surface area (Å²) in [5.41, 5.74) is 0.732. The van der Waals surface area contributed by atoms with E-state index in [-0.39, 0.29) is 11.4 Å². The number of aromatic nitrogens is 2. The van der Waals surface area contributed by atoms with Crippen LogP contribution >= 0.6 is 0 Å². The Hall–Kier alpha value is -3.42. The van der Waals surface area contributed by atoms with E-state index in [1.807, 2.05) is 30.3 Å². The number of hydrogen-bond donors (Lipinski definition) is 2. The van der Waals surface area contributed by atoms with Crippen molar-refractivity contribution in [3.05, 3.63) is 83.7 Å². The van der Waals surface area contributed by atoms with Crippen molar-refractivity contribution in [2.45, 2.75) is 12.6 Å². The van der Waals surface area contributed by atoms with Gasteiger partial charge in [-0.15, -0.1) is 0 Å². The Morgan fingerprint density at radius 2 is 1.68 bits per heavy atom. The zero-order valence-electron chi connectivity index (χ0n) is 14.7. The predicted molar refractivity (Wildman–Crippen MR) is 100 cm³/mol. The SMILES string of the molecule is O=C(Nc1ccc(C(F)(F)F)cc1)c1ccnc(NCCc2ccccc2)n1. The summed E-state index contributed by atoms with van der Waals surface area (Å²) < 4.78 is 37.8. The molecular weight excluding hydrogens is 369 g/mol. The fourth-order valence-electron chi connectivity index (χ4n) is 2.47. The van der Waals surface area contributed by atoms with Gasteiger partial charge in [0.05, 0.1) is 5.56 Å². The van der Waals surface area contributed by atoms with Crippen molar-refractivity contribution in [2.24, 2.45) is 0 Å². The summed E-state index contributed by atoms with van der Waals surface area (Å²) in [4.78, 5) is 20.5. The van der Waals surface area contributed by atoms with Crippen molar-refractivity contribution >= 4 is 17.5 Å². The lowest BCUT2D eigenvalue weighted by Gasteiger charge is -2.09. The first-order chi connectivity index (χ1) is 13.4. The molecule has 2 aromatic carbocycles. The monoisotopic (exact) mass is 386 g/mol. The van der Waals surface area contributed by atoms with Crippen LogP contribution in [0.5, 0.6) is 0 Å². The largest absolute Gasteiger partial charge is 0.416 e. The maximum absolute atomic E-state index is 12.6. The average molecular weight is 386 g/mol. The quantitative estimate of drug-likeness (QED) is 0.659. The molecule has 1 heterocycles. The molecule has 28 heavy (non-hydrogen) atoms.